The molecule has 6 heteroatoms. The molecule has 2 fully saturated rings. The molecule has 0 aromatic rings. The fourth-order valence-electron chi connectivity index (χ4n) is 2.05. The summed E-state index contributed by atoms with van der Waals surface area (Å²) in [7, 11) is -2.85. The Hall–Kier alpha value is -0.460. The van der Waals surface area contributed by atoms with E-state index in [4.69, 9.17) is 4.74 Å². The summed E-state index contributed by atoms with van der Waals surface area (Å²) in [4.78, 5) is 13.7. The van der Waals surface area contributed by atoms with E-state index in [9.17, 15) is 13.2 Å². The van der Waals surface area contributed by atoms with Crippen molar-refractivity contribution in [2.24, 2.45) is 5.92 Å². The zero-order valence-corrected chi connectivity index (χ0v) is 10.0. The highest BCUT2D eigenvalue weighted by molar-refractivity contribution is 7.91. The van der Waals surface area contributed by atoms with Crippen LogP contribution in [-0.2, 0) is 19.4 Å². The predicted octanol–water partition coefficient (Wildman–Crippen LogP) is -0.678. The van der Waals surface area contributed by atoms with Gasteiger partial charge in [-0.3, -0.25) is 9.69 Å². The van der Waals surface area contributed by atoms with Crippen LogP contribution in [0.5, 0.6) is 0 Å². The Balaban J connectivity index is 1.80. The van der Waals surface area contributed by atoms with Gasteiger partial charge in [0.1, 0.15) is 0 Å². The number of Topliss-reactive ketones (excluding diaryl/α,β-unsaturated/α-hetero) is 1. The van der Waals surface area contributed by atoms with E-state index in [2.05, 4.69) is 0 Å². The minimum atomic E-state index is -2.85. The molecule has 2 heterocycles. The van der Waals surface area contributed by atoms with Crippen LogP contribution < -0.4 is 0 Å². The lowest BCUT2D eigenvalue weighted by Gasteiger charge is -2.26. The number of hydrogen-bond acceptors (Lipinski definition) is 5. The van der Waals surface area contributed by atoms with Gasteiger partial charge < -0.3 is 4.74 Å². The van der Waals surface area contributed by atoms with E-state index in [-0.39, 0.29) is 23.2 Å². The molecule has 2 aliphatic rings. The molecule has 1 unspecified atom stereocenters. The van der Waals surface area contributed by atoms with E-state index >= 15 is 0 Å². The van der Waals surface area contributed by atoms with Crippen LogP contribution in [0.3, 0.4) is 0 Å². The summed E-state index contributed by atoms with van der Waals surface area (Å²) in [6.07, 6.45) is 0.810. The van der Waals surface area contributed by atoms with Crippen molar-refractivity contribution in [3.05, 3.63) is 0 Å². The Morgan fingerprint density at radius 3 is 2.56 bits per heavy atom. The van der Waals surface area contributed by atoms with E-state index in [1.165, 1.54) is 0 Å². The molecule has 0 saturated carbocycles. The summed E-state index contributed by atoms with van der Waals surface area (Å²) < 4.78 is 27.6. The SMILES string of the molecule is O=C(CN1CCS(=O)(=O)CC1)C1CCOC1. The maximum Gasteiger partial charge on any atom is 0.152 e. The van der Waals surface area contributed by atoms with E-state index in [1.54, 1.807) is 0 Å². The van der Waals surface area contributed by atoms with Gasteiger partial charge in [-0.05, 0) is 6.42 Å². The van der Waals surface area contributed by atoms with E-state index in [1.807, 2.05) is 4.90 Å². The predicted molar refractivity (Wildman–Crippen MR) is 59.0 cm³/mol. The normalized spacial score (nSPS) is 30.4. The first-order valence-corrected chi connectivity index (χ1v) is 7.42. The second kappa shape index (κ2) is 4.81. The molecule has 0 spiro atoms. The largest absolute Gasteiger partial charge is 0.381 e. The average molecular weight is 247 g/mol. The van der Waals surface area contributed by atoms with Gasteiger partial charge in [0.2, 0.25) is 0 Å². The van der Waals surface area contributed by atoms with E-state index < -0.39 is 9.84 Å². The summed E-state index contributed by atoms with van der Waals surface area (Å²) in [5.41, 5.74) is 0. The average Bonchev–Trinajstić information content (AvgIpc) is 2.74. The second-order valence-electron chi connectivity index (χ2n) is 4.45. The molecule has 0 amide bonds. The summed E-state index contributed by atoms with van der Waals surface area (Å²) in [5, 5.41) is 0. The lowest BCUT2D eigenvalue weighted by Crippen LogP contribution is -2.43. The molecule has 0 bridgehead atoms. The van der Waals surface area contributed by atoms with Crippen molar-refractivity contribution < 1.29 is 17.9 Å². The molecule has 2 aliphatic heterocycles. The number of sulfone groups is 1. The Morgan fingerprint density at radius 2 is 2.00 bits per heavy atom. The van der Waals surface area contributed by atoms with Crippen LogP contribution in [0.2, 0.25) is 0 Å². The highest BCUT2D eigenvalue weighted by atomic mass is 32.2. The zero-order valence-electron chi connectivity index (χ0n) is 9.22. The highest BCUT2D eigenvalue weighted by Crippen LogP contribution is 2.14. The standard InChI is InChI=1S/C10H17NO4S/c12-10(9-1-4-15-8-9)7-11-2-5-16(13,14)6-3-11/h9H,1-8H2. The van der Waals surface area contributed by atoms with Crippen LogP contribution in [0.25, 0.3) is 0 Å². The van der Waals surface area contributed by atoms with Crippen molar-refractivity contribution in [1.82, 2.24) is 4.90 Å². The quantitative estimate of drug-likeness (QED) is 0.661. The minimum absolute atomic E-state index is 0.0264. The van der Waals surface area contributed by atoms with Gasteiger partial charge in [-0.25, -0.2) is 8.42 Å². The third-order valence-corrected chi connectivity index (χ3v) is 4.81. The van der Waals surface area contributed by atoms with Crippen molar-refractivity contribution in [2.75, 3.05) is 44.4 Å². The van der Waals surface area contributed by atoms with Gasteiger partial charge in [0, 0.05) is 25.6 Å². The lowest BCUT2D eigenvalue weighted by atomic mass is 10.0. The van der Waals surface area contributed by atoms with Gasteiger partial charge in [-0.1, -0.05) is 0 Å². The first-order valence-electron chi connectivity index (χ1n) is 5.60. The van der Waals surface area contributed by atoms with Gasteiger partial charge in [-0.2, -0.15) is 0 Å². The van der Waals surface area contributed by atoms with Crippen LogP contribution in [0.15, 0.2) is 0 Å². The van der Waals surface area contributed by atoms with Crippen LogP contribution >= 0.6 is 0 Å². The van der Waals surface area contributed by atoms with Crippen molar-refractivity contribution >= 4 is 15.6 Å². The van der Waals surface area contributed by atoms with Gasteiger partial charge in [0.05, 0.1) is 24.7 Å². The molecule has 2 rings (SSSR count). The number of carbonyl (C=O) groups excluding carboxylic acids is 1. The molecular formula is C10H17NO4S. The van der Waals surface area contributed by atoms with Crippen LogP contribution in [0, 0.1) is 5.92 Å². The molecule has 2 saturated heterocycles. The molecule has 92 valence electrons. The lowest BCUT2D eigenvalue weighted by molar-refractivity contribution is -0.123. The Bertz CT molecular complexity index is 345. The molecular weight excluding hydrogens is 230 g/mol. The molecule has 5 nitrogen and oxygen atoms in total. The summed E-state index contributed by atoms with van der Waals surface area (Å²) in [6, 6.07) is 0. The first-order chi connectivity index (χ1) is 7.57. The van der Waals surface area contributed by atoms with E-state index in [0.29, 0.717) is 32.8 Å². The Labute approximate surface area is 95.7 Å². The van der Waals surface area contributed by atoms with Gasteiger partial charge >= 0.3 is 0 Å². The third kappa shape index (κ3) is 3.02. The van der Waals surface area contributed by atoms with E-state index in [0.717, 1.165) is 6.42 Å². The molecule has 0 radical (unpaired) electrons. The van der Waals surface area contributed by atoms with Crippen LogP contribution in [0.1, 0.15) is 6.42 Å². The monoisotopic (exact) mass is 247 g/mol. The van der Waals surface area contributed by atoms with Crippen molar-refractivity contribution in [3.63, 3.8) is 0 Å². The smallest absolute Gasteiger partial charge is 0.152 e. The maximum absolute atomic E-state index is 11.8. The fourth-order valence-corrected chi connectivity index (χ4v) is 3.32. The third-order valence-electron chi connectivity index (χ3n) is 3.20. The van der Waals surface area contributed by atoms with Gasteiger partial charge in [-0.15, -0.1) is 0 Å². The first kappa shape index (κ1) is 12.0. The molecule has 0 aromatic carbocycles. The second-order valence-corrected chi connectivity index (χ2v) is 6.76. The Morgan fingerprint density at radius 1 is 1.31 bits per heavy atom. The molecule has 0 aromatic heterocycles. The fraction of sp³-hybridized carbons (Fsp3) is 0.900. The Kier molecular flexibility index (Phi) is 3.61. The molecule has 0 N–H and O–H groups in total. The minimum Gasteiger partial charge on any atom is -0.381 e. The number of hydrogen-bond donors (Lipinski definition) is 0. The number of rotatable bonds is 3. The topological polar surface area (TPSA) is 63.7 Å². The zero-order chi connectivity index (χ0) is 11.6. The summed E-state index contributed by atoms with van der Waals surface area (Å²) >= 11 is 0. The van der Waals surface area contributed by atoms with Crippen molar-refractivity contribution in [1.29, 1.82) is 0 Å². The number of carbonyl (C=O) groups is 1. The number of ether oxygens (including phenoxy) is 1. The van der Waals surface area contributed by atoms with Crippen LogP contribution in [-0.4, -0.2) is 63.5 Å². The molecule has 0 aliphatic carbocycles. The summed E-state index contributed by atoms with van der Waals surface area (Å²) in [5.74, 6) is 0.582. The van der Waals surface area contributed by atoms with Gasteiger partial charge in [0.15, 0.2) is 15.6 Å². The highest BCUT2D eigenvalue weighted by Gasteiger charge is 2.27. The van der Waals surface area contributed by atoms with Crippen molar-refractivity contribution in [3.8, 4) is 0 Å². The van der Waals surface area contributed by atoms with Crippen LogP contribution in [0.4, 0.5) is 0 Å². The summed E-state index contributed by atoms with van der Waals surface area (Å²) in [6.45, 7) is 2.56. The maximum atomic E-state index is 11.8. The number of nitrogens with zero attached hydrogens (tertiary/aromatic N) is 1. The van der Waals surface area contributed by atoms with Crippen molar-refractivity contribution in [2.45, 2.75) is 6.42 Å². The number of ketones is 1. The van der Waals surface area contributed by atoms with Gasteiger partial charge in [0.25, 0.3) is 0 Å². The molecule has 1 atom stereocenters. The molecule has 16 heavy (non-hydrogen) atoms.